The fraction of sp³-hybridized carbons (Fsp3) is 0.385. The van der Waals surface area contributed by atoms with Crippen LogP contribution in [0.5, 0.6) is 0 Å². The van der Waals surface area contributed by atoms with E-state index in [0.29, 0.717) is 32.0 Å². The monoisotopic (exact) mass is 264 g/mol. The number of carbonyl (C=O) groups is 2. The van der Waals surface area contributed by atoms with Crippen molar-refractivity contribution in [1.29, 1.82) is 0 Å². The van der Waals surface area contributed by atoms with Crippen molar-refractivity contribution in [1.82, 2.24) is 0 Å². The standard InChI is InChI=1S/C13H15NO5/c1-18-13(17)10-6-9(12(15)16)7-11(8-10)14-2-4-19-5-3-14/h6-8H,2-5H2,1H3,(H,15,16)/p-1. The van der Waals surface area contributed by atoms with Crippen LogP contribution in [0.2, 0.25) is 0 Å². The summed E-state index contributed by atoms with van der Waals surface area (Å²) in [4.78, 5) is 24.5. The Morgan fingerprint density at radius 2 is 1.84 bits per heavy atom. The molecular formula is C13H14NO5-. The number of nitrogens with zero attached hydrogens (tertiary/aromatic N) is 1. The highest BCUT2D eigenvalue weighted by molar-refractivity contribution is 5.95. The van der Waals surface area contributed by atoms with Gasteiger partial charge in [0.05, 0.1) is 31.9 Å². The van der Waals surface area contributed by atoms with Gasteiger partial charge in [-0.15, -0.1) is 0 Å². The lowest BCUT2D eigenvalue weighted by molar-refractivity contribution is -0.255. The van der Waals surface area contributed by atoms with Crippen LogP contribution in [-0.2, 0) is 9.47 Å². The summed E-state index contributed by atoms with van der Waals surface area (Å²) in [6, 6.07) is 4.36. The fourth-order valence-corrected chi connectivity index (χ4v) is 1.97. The Labute approximate surface area is 110 Å². The predicted molar refractivity (Wildman–Crippen MR) is 65.1 cm³/mol. The molecule has 0 aromatic heterocycles. The van der Waals surface area contributed by atoms with Crippen LogP contribution in [0.25, 0.3) is 0 Å². The van der Waals surface area contributed by atoms with Crippen molar-refractivity contribution in [2.24, 2.45) is 0 Å². The molecule has 1 fully saturated rings. The van der Waals surface area contributed by atoms with E-state index in [0.717, 1.165) is 0 Å². The Morgan fingerprint density at radius 1 is 1.21 bits per heavy atom. The summed E-state index contributed by atoms with van der Waals surface area (Å²) in [6.45, 7) is 2.44. The zero-order chi connectivity index (χ0) is 13.8. The lowest BCUT2D eigenvalue weighted by Crippen LogP contribution is -2.36. The van der Waals surface area contributed by atoms with Gasteiger partial charge in [-0.3, -0.25) is 0 Å². The minimum Gasteiger partial charge on any atom is -0.545 e. The van der Waals surface area contributed by atoms with Gasteiger partial charge >= 0.3 is 5.97 Å². The van der Waals surface area contributed by atoms with Crippen molar-refractivity contribution in [2.45, 2.75) is 0 Å². The molecule has 0 N–H and O–H groups in total. The summed E-state index contributed by atoms with van der Waals surface area (Å²) < 4.78 is 9.85. The molecule has 2 rings (SSSR count). The summed E-state index contributed by atoms with van der Waals surface area (Å²) in [6.07, 6.45) is 0. The van der Waals surface area contributed by atoms with E-state index in [9.17, 15) is 14.7 Å². The first-order valence-corrected chi connectivity index (χ1v) is 5.89. The maximum atomic E-state index is 11.5. The quantitative estimate of drug-likeness (QED) is 0.696. The van der Waals surface area contributed by atoms with E-state index in [1.165, 1.54) is 19.2 Å². The van der Waals surface area contributed by atoms with E-state index in [1.807, 2.05) is 4.90 Å². The molecule has 0 saturated carbocycles. The van der Waals surface area contributed by atoms with Crippen LogP contribution in [0.15, 0.2) is 18.2 Å². The van der Waals surface area contributed by atoms with E-state index in [1.54, 1.807) is 6.07 Å². The molecule has 6 heteroatoms. The highest BCUT2D eigenvalue weighted by Gasteiger charge is 2.15. The SMILES string of the molecule is COC(=O)c1cc(C(=O)[O-])cc(N2CCOCC2)c1. The van der Waals surface area contributed by atoms with Crippen molar-refractivity contribution in [3.8, 4) is 0 Å². The van der Waals surface area contributed by atoms with Crippen LogP contribution in [0, 0.1) is 0 Å². The molecule has 0 radical (unpaired) electrons. The first-order valence-electron chi connectivity index (χ1n) is 5.89. The van der Waals surface area contributed by atoms with Crippen LogP contribution in [-0.4, -0.2) is 45.4 Å². The number of carbonyl (C=O) groups excluding carboxylic acids is 2. The molecule has 1 heterocycles. The molecule has 0 amide bonds. The van der Waals surface area contributed by atoms with Crippen LogP contribution in [0.1, 0.15) is 20.7 Å². The summed E-state index contributed by atoms with van der Waals surface area (Å²) in [5, 5.41) is 11.0. The number of aromatic carboxylic acids is 1. The molecule has 0 atom stereocenters. The zero-order valence-corrected chi connectivity index (χ0v) is 10.5. The Kier molecular flexibility index (Phi) is 4.01. The van der Waals surface area contributed by atoms with Gasteiger partial charge in [-0.2, -0.15) is 0 Å². The topological polar surface area (TPSA) is 78.9 Å². The molecule has 0 unspecified atom stereocenters. The molecule has 0 aliphatic carbocycles. The maximum Gasteiger partial charge on any atom is 0.337 e. The summed E-state index contributed by atoms with van der Waals surface area (Å²) in [7, 11) is 1.25. The lowest BCUT2D eigenvalue weighted by atomic mass is 10.1. The van der Waals surface area contributed by atoms with Gasteiger partial charge in [0.1, 0.15) is 0 Å². The third-order valence-corrected chi connectivity index (χ3v) is 2.95. The normalized spacial score (nSPS) is 15.1. The van der Waals surface area contributed by atoms with Crippen molar-refractivity contribution >= 4 is 17.6 Å². The van der Waals surface area contributed by atoms with Gasteiger partial charge < -0.3 is 24.3 Å². The van der Waals surface area contributed by atoms with Crippen LogP contribution < -0.4 is 10.0 Å². The lowest BCUT2D eigenvalue weighted by Gasteiger charge is -2.29. The third-order valence-electron chi connectivity index (χ3n) is 2.95. The van der Waals surface area contributed by atoms with Crippen molar-refractivity contribution in [2.75, 3.05) is 38.3 Å². The third kappa shape index (κ3) is 3.03. The largest absolute Gasteiger partial charge is 0.545 e. The van der Waals surface area contributed by atoms with Gasteiger partial charge in [0.2, 0.25) is 0 Å². The molecule has 6 nitrogen and oxygen atoms in total. The number of carboxylic acid groups (broad SMARTS) is 1. The summed E-state index contributed by atoms with van der Waals surface area (Å²) in [5.74, 6) is -1.89. The Balaban J connectivity index is 2.38. The van der Waals surface area contributed by atoms with Gasteiger partial charge in [0, 0.05) is 24.3 Å². The van der Waals surface area contributed by atoms with Crippen LogP contribution in [0.4, 0.5) is 5.69 Å². The Bertz CT molecular complexity index is 494. The van der Waals surface area contributed by atoms with Gasteiger partial charge in [-0.25, -0.2) is 4.79 Å². The molecule has 1 aliphatic heterocycles. The van der Waals surface area contributed by atoms with E-state index < -0.39 is 11.9 Å². The smallest absolute Gasteiger partial charge is 0.337 e. The minimum atomic E-state index is -1.32. The molecular weight excluding hydrogens is 250 g/mol. The Morgan fingerprint density at radius 3 is 2.42 bits per heavy atom. The number of carboxylic acids is 1. The van der Waals surface area contributed by atoms with E-state index in [4.69, 9.17) is 4.74 Å². The molecule has 0 spiro atoms. The van der Waals surface area contributed by atoms with Gasteiger partial charge in [0.25, 0.3) is 0 Å². The number of morpholine rings is 1. The molecule has 19 heavy (non-hydrogen) atoms. The predicted octanol–water partition coefficient (Wildman–Crippen LogP) is -0.327. The number of esters is 1. The highest BCUT2D eigenvalue weighted by Crippen LogP contribution is 2.21. The Hall–Kier alpha value is -2.08. The molecule has 1 aromatic rings. The van der Waals surface area contributed by atoms with Crippen LogP contribution >= 0.6 is 0 Å². The second kappa shape index (κ2) is 5.71. The van der Waals surface area contributed by atoms with Crippen molar-refractivity contribution in [3.05, 3.63) is 29.3 Å². The second-order valence-corrected chi connectivity index (χ2v) is 4.15. The first kappa shape index (κ1) is 13.4. The summed E-state index contributed by atoms with van der Waals surface area (Å²) >= 11 is 0. The van der Waals surface area contributed by atoms with Gasteiger partial charge in [-0.1, -0.05) is 0 Å². The molecule has 1 aromatic carbocycles. The molecule has 1 aliphatic rings. The minimum absolute atomic E-state index is 0.0376. The molecule has 102 valence electrons. The number of hydrogen-bond donors (Lipinski definition) is 0. The molecule has 0 bridgehead atoms. The number of rotatable bonds is 3. The number of hydrogen-bond acceptors (Lipinski definition) is 6. The van der Waals surface area contributed by atoms with Crippen molar-refractivity contribution in [3.63, 3.8) is 0 Å². The maximum absolute atomic E-state index is 11.5. The average Bonchev–Trinajstić information content (AvgIpc) is 2.46. The number of anilines is 1. The van der Waals surface area contributed by atoms with Crippen molar-refractivity contribution < 1.29 is 24.2 Å². The van der Waals surface area contributed by atoms with E-state index >= 15 is 0 Å². The number of benzene rings is 1. The molecule has 1 saturated heterocycles. The average molecular weight is 264 g/mol. The second-order valence-electron chi connectivity index (χ2n) is 4.15. The number of ether oxygens (including phenoxy) is 2. The fourth-order valence-electron chi connectivity index (χ4n) is 1.97. The summed E-state index contributed by atoms with van der Waals surface area (Å²) in [5.41, 5.74) is 0.820. The van der Waals surface area contributed by atoms with E-state index in [2.05, 4.69) is 4.74 Å². The van der Waals surface area contributed by atoms with Crippen LogP contribution in [0.3, 0.4) is 0 Å². The first-order chi connectivity index (χ1) is 9.11. The van der Waals surface area contributed by atoms with Gasteiger partial charge in [-0.05, 0) is 18.2 Å². The highest BCUT2D eigenvalue weighted by atomic mass is 16.5. The number of methoxy groups -OCH3 is 1. The zero-order valence-electron chi connectivity index (χ0n) is 10.5. The van der Waals surface area contributed by atoms with E-state index in [-0.39, 0.29) is 11.1 Å². The van der Waals surface area contributed by atoms with Gasteiger partial charge in [0.15, 0.2) is 0 Å².